The van der Waals surface area contributed by atoms with E-state index in [1.165, 1.54) is 0 Å². The van der Waals surface area contributed by atoms with Gasteiger partial charge in [-0.3, -0.25) is 0 Å². The molecular weight excluding hydrogens is 192 g/mol. The van der Waals surface area contributed by atoms with E-state index in [0.717, 1.165) is 19.0 Å². The Bertz CT molecular complexity index is 317. The Morgan fingerprint density at radius 2 is 2.07 bits per heavy atom. The fourth-order valence-corrected chi connectivity index (χ4v) is 1.73. The molecule has 0 aliphatic carbocycles. The van der Waals surface area contributed by atoms with Crippen molar-refractivity contribution < 1.29 is 4.74 Å². The van der Waals surface area contributed by atoms with E-state index in [4.69, 9.17) is 10.5 Å². The van der Waals surface area contributed by atoms with Crippen LogP contribution in [-0.2, 0) is 0 Å². The third-order valence-electron chi connectivity index (χ3n) is 2.80. The second-order valence-electron chi connectivity index (χ2n) is 3.97. The first-order valence-corrected chi connectivity index (χ1v) is 5.07. The van der Waals surface area contributed by atoms with Crippen LogP contribution in [0.15, 0.2) is 12.4 Å². The van der Waals surface area contributed by atoms with E-state index in [1.807, 2.05) is 0 Å². The maximum absolute atomic E-state index is 5.94. The number of hydrogen-bond donors (Lipinski definition) is 1. The van der Waals surface area contributed by atoms with Gasteiger partial charge in [0, 0.05) is 19.1 Å². The normalized spacial score (nSPS) is 25.7. The van der Waals surface area contributed by atoms with Gasteiger partial charge in [-0.2, -0.15) is 0 Å². The highest BCUT2D eigenvalue weighted by Crippen LogP contribution is 2.20. The molecule has 1 aromatic heterocycles. The number of rotatable bonds is 2. The van der Waals surface area contributed by atoms with Crippen molar-refractivity contribution in [1.29, 1.82) is 0 Å². The molecule has 2 rings (SSSR count). The molecule has 5 heteroatoms. The summed E-state index contributed by atoms with van der Waals surface area (Å²) in [5, 5.41) is 0. The van der Waals surface area contributed by atoms with Crippen molar-refractivity contribution >= 4 is 5.95 Å². The first kappa shape index (κ1) is 10.2. The van der Waals surface area contributed by atoms with Gasteiger partial charge in [0.1, 0.15) is 0 Å². The summed E-state index contributed by atoms with van der Waals surface area (Å²) in [6, 6.07) is 0.218. The van der Waals surface area contributed by atoms with Crippen molar-refractivity contribution in [2.24, 2.45) is 11.7 Å². The van der Waals surface area contributed by atoms with Gasteiger partial charge in [0.05, 0.1) is 19.5 Å². The molecule has 2 unspecified atom stereocenters. The number of anilines is 1. The van der Waals surface area contributed by atoms with Crippen molar-refractivity contribution in [2.45, 2.75) is 13.0 Å². The Morgan fingerprint density at radius 1 is 1.40 bits per heavy atom. The topological polar surface area (TPSA) is 64.3 Å². The van der Waals surface area contributed by atoms with Crippen LogP contribution in [0.4, 0.5) is 5.95 Å². The van der Waals surface area contributed by atoms with Crippen LogP contribution in [0.3, 0.4) is 0 Å². The lowest BCUT2D eigenvalue weighted by molar-refractivity contribution is 0.410. The van der Waals surface area contributed by atoms with Crippen LogP contribution < -0.4 is 15.4 Å². The Morgan fingerprint density at radius 3 is 2.53 bits per heavy atom. The van der Waals surface area contributed by atoms with Crippen molar-refractivity contribution in [3.05, 3.63) is 12.4 Å². The third kappa shape index (κ3) is 2.02. The maximum Gasteiger partial charge on any atom is 0.225 e. The molecule has 1 aromatic rings. The number of methoxy groups -OCH3 is 1. The van der Waals surface area contributed by atoms with Crippen LogP contribution in [-0.4, -0.2) is 36.2 Å². The van der Waals surface area contributed by atoms with Crippen LogP contribution in [0.5, 0.6) is 5.75 Å². The standard InChI is InChI=1S/C10H16N4O/c1-7-5-14(6-9(7)11)10-12-3-8(15-2)4-13-10/h3-4,7,9H,5-6,11H2,1-2H3. The van der Waals surface area contributed by atoms with Crippen molar-refractivity contribution in [3.63, 3.8) is 0 Å². The SMILES string of the molecule is COc1cnc(N2CC(C)C(N)C2)nc1. The predicted octanol–water partition coefficient (Wildman–Crippen LogP) is 0.269. The van der Waals surface area contributed by atoms with Crippen LogP contribution in [0.2, 0.25) is 0 Å². The summed E-state index contributed by atoms with van der Waals surface area (Å²) >= 11 is 0. The highest BCUT2D eigenvalue weighted by atomic mass is 16.5. The second-order valence-corrected chi connectivity index (χ2v) is 3.97. The minimum atomic E-state index is 0.218. The van der Waals surface area contributed by atoms with Gasteiger partial charge < -0.3 is 15.4 Å². The molecule has 15 heavy (non-hydrogen) atoms. The first-order valence-electron chi connectivity index (χ1n) is 5.07. The molecule has 1 aliphatic heterocycles. The first-order chi connectivity index (χ1) is 7.20. The summed E-state index contributed by atoms with van der Waals surface area (Å²) < 4.78 is 5.01. The van der Waals surface area contributed by atoms with Gasteiger partial charge in [0.2, 0.25) is 5.95 Å². The highest BCUT2D eigenvalue weighted by molar-refractivity contribution is 5.34. The number of ether oxygens (including phenoxy) is 1. The minimum Gasteiger partial charge on any atom is -0.494 e. The van der Waals surface area contributed by atoms with E-state index < -0.39 is 0 Å². The quantitative estimate of drug-likeness (QED) is 0.755. The molecule has 1 fully saturated rings. The van der Waals surface area contributed by atoms with Gasteiger partial charge in [-0.1, -0.05) is 6.92 Å². The molecule has 1 aliphatic rings. The number of hydrogen-bond acceptors (Lipinski definition) is 5. The Kier molecular flexibility index (Phi) is 2.73. The molecule has 0 spiro atoms. The Balaban J connectivity index is 2.10. The number of aromatic nitrogens is 2. The summed E-state index contributed by atoms with van der Waals surface area (Å²) in [7, 11) is 1.60. The number of nitrogens with two attached hydrogens (primary N) is 1. The second kappa shape index (κ2) is 4.02. The van der Waals surface area contributed by atoms with E-state index in [9.17, 15) is 0 Å². The molecule has 1 saturated heterocycles. The average Bonchev–Trinajstić information content (AvgIpc) is 2.59. The van der Waals surface area contributed by atoms with Crippen LogP contribution >= 0.6 is 0 Å². The molecule has 0 bridgehead atoms. The number of nitrogens with zero attached hydrogens (tertiary/aromatic N) is 3. The summed E-state index contributed by atoms with van der Waals surface area (Å²) in [6.07, 6.45) is 3.35. The van der Waals surface area contributed by atoms with E-state index in [1.54, 1.807) is 19.5 Å². The van der Waals surface area contributed by atoms with Gasteiger partial charge in [-0.15, -0.1) is 0 Å². The van der Waals surface area contributed by atoms with Crippen molar-refractivity contribution in [2.75, 3.05) is 25.1 Å². The average molecular weight is 208 g/mol. The fourth-order valence-electron chi connectivity index (χ4n) is 1.73. The zero-order valence-electron chi connectivity index (χ0n) is 9.05. The molecular formula is C10H16N4O. The van der Waals surface area contributed by atoms with Gasteiger partial charge in [-0.25, -0.2) is 9.97 Å². The smallest absolute Gasteiger partial charge is 0.225 e. The Labute approximate surface area is 89.3 Å². The van der Waals surface area contributed by atoms with Crippen LogP contribution in [0.25, 0.3) is 0 Å². The maximum atomic E-state index is 5.94. The monoisotopic (exact) mass is 208 g/mol. The largest absolute Gasteiger partial charge is 0.494 e. The van der Waals surface area contributed by atoms with E-state index in [-0.39, 0.29) is 6.04 Å². The van der Waals surface area contributed by atoms with Crippen molar-refractivity contribution in [3.8, 4) is 5.75 Å². The third-order valence-corrected chi connectivity index (χ3v) is 2.80. The zero-order valence-corrected chi connectivity index (χ0v) is 9.05. The predicted molar refractivity (Wildman–Crippen MR) is 57.9 cm³/mol. The molecule has 82 valence electrons. The minimum absolute atomic E-state index is 0.218. The van der Waals surface area contributed by atoms with E-state index in [0.29, 0.717) is 11.7 Å². The van der Waals surface area contributed by atoms with E-state index in [2.05, 4.69) is 21.8 Å². The zero-order chi connectivity index (χ0) is 10.8. The highest BCUT2D eigenvalue weighted by Gasteiger charge is 2.27. The molecule has 5 nitrogen and oxygen atoms in total. The molecule has 2 atom stereocenters. The lowest BCUT2D eigenvalue weighted by atomic mass is 10.1. The van der Waals surface area contributed by atoms with Gasteiger partial charge >= 0.3 is 0 Å². The summed E-state index contributed by atoms with van der Waals surface area (Å²) in [5.41, 5.74) is 5.94. The summed E-state index contributed by atoms with van der Waals surface area (Å²) in [4.78, 5) is 10.6. The molecule has 0 saturated carbocycles. The molecule has 0 radical (unpaired) electrons. The summed E-state index contributed by atoms with van der Waals surface area (Å²) in [5.74, 6) is 1.90. The Hall–Kier alpha value is -1.36. The summed E-state index contributed by atoms with van der Waals surface area (Å²) in [6.45, 7) is 3.90. The van der Waals surface area contributed by atoms with Gasteiger partial charge in [-0.05, 0) is 5.92 Å². The lowest BCUT2D eigenvalue weighted by Gasteiger charge is -2.15. The van der Waals surface area contributed by atoms with Gasteiger partial charge in [0.25, 0.3) is 0 Å². The molecule has 0 aromatic carbocycles. The van der Waals surface area contributed by atoms with Crippen molar-refractivity contribution in [1.82, 2.24) is 9.97 Å². The van der Waals surface area contributed by atoms with Crippen LogP contribution in [0, 0.1) is 5.92 Å². The fraction of sp³-hybridized carbons (Fsp3) is 0.600. The van der Waals surface area contributed by atoms with E-state index >= 15 is 0 Å². The lowest BCUT2D eigenvalue weighted by Crippen LogP contribution is -2.29. The molecule has 2 heterocycles. The van der Waals surface area contributed by atoms with Crippen LogP contribution in [0.1, 0.15) is 6.92 Å². The molecule has 0 amide bonds. The molecule has 2 N–H and O–H groups in total. The van der Waals surface area contributed by atoms with Gasteiger partial charge in [0.15, 0.2) is 5.75 Å².